The van der Waals surface area contributed by atoms with Gasteiger partial charge in [-0.3, -0.25) is 4.79 Å². The third kappa shape index (κ3) is 3.45. The van der Waals surface area contributed by atoms with Gasteiger partial charge in [0.1, 0.15) is 11.6 Å². The van der Waals surface area contributed by atoms with Gasteiger partial charge in [0, 0.05) is 10.5 Å². The number of aliphatic carboxylic acids is 1. The van der Waals surface area contributed by atoms with E-state index in [4.69, 9.17) is 9.84 Å². The van der Waals surface area contributed by atoms with Crippen molar-refractivity contribution >= 4 is 21.9 Å². The Balaban J connectivity index is 1.93. The van der Waals surface area contributed by atoms with Gasteiger partial charge in [0.25, 0.3) is 0 Å². The highest BCUT2D eigenvalue weighted by Crippen LogP contribution is 2.29. The summed E-state index contributed by atoms with van der Waals surface area (Å²) in [5, 5.41) is 8.89. The second-order valence-corrected chi connectivity index (χ2v) is 5.45. The number of hydrogen-bond acceptors (Lipinski definition) is 2. The number of rotatable bonds is 3. The van der Waals surface area contributed by atoms with E-state index >= 15 is 0 Å². The predicted octanol–water partition coefficient (Wildman–Crippen LogP) is 3.61. The first-order chi connectivity index (χ1) is 8.54. The van der Waals surface area contributed by atoms with Gasteiger partial charge in [0.2, 0.25) is 0 Å². The van der Waals surface area contributed by atoms with Crippen LogP contribution in [-0.2, 0) is 4.79 Å². The summed E-state index contributed by atoms with van der Waals surface area (Å²) in [4.78, 5) is 10.8. The molecular weight excluding hydrogens is 303 g/mol. The zero-order valence-electron chi connectivity index (χ0n) is 9.73. The van der Waals surface area contributed by atoms with E-state index in [9.17, 15) is 9.18 Å². The molecule has 0 bridgehead atoms. The van der Waals surface area contributed by atoms with Crippen LogP contribution in [0.4, 0.5) is 4.39 Å². The molecule has 0 amide bonds. The van der Waals surface area contributed by atoms with Gasteiger partial charge >= 0.3 is 5.97 Å². The van der Waals surface area contributed by atoms with Gasteiger partial charge < -0.3 is 9.84 Å². The van der Waals surface area contributed by atoms with Crippen LogP contribution in [0.3, 0.4) is 0 Å². The van der Waals surface area contributed by atoms with Crippen molar-refractivity contribution in [1.82, 2.24) is 0 Å². The Bertz CT molecular complexity index is 422. The molecule has 0 aromatic heterocycles. The quantitative estimate of drug-likeness (QED) is 0.926. The lowest BCUT2D eigenvalue weighted by molar-refractivity contribution is -0.143. The Morgan fingerprint density at radius 2 is 1.94 bits per heavy atom. The van der Waals surface area contributed by atoms with Gasteiger partial charge in [-0.05, 0) is 37.8 Å². The number of hydrogen-bond donors (Lipinski definition) is 1. The van der Waals surface area contributed by atoms with E-state index in [0.29, 0.717) is 35.9 Å². The second kappa shape index (κ2) is 5.69. The van der Waals surface area contributed by atoms with E-state index in [1.54, 1.807) is 6.07 Å². The van der Waals surface area contributed by atoms with Crippen molar-refractivity contribution in [2.45, 2.75) is 31.8 Å². The molecule has 1 aliphatic rings. The standard InChI is InChI=1S/C13H14BrFO3/c14-9-5-10(15)7-12(6-9)18-11-3-1-8(2-4-11)13(16)17/h5-8,11H,1-4H2,(H,16,17)/t8-,11-. The maximum atomic E-state index is 13.2. The number of ether oxygens (including phenoxy) is 1. The highest BCUT2D eigenvalue weighted by atomic mass is 79.9. The lowest BCUT2D eigenvalue weighted by Gasteiger charge is -2.26. The molecule has 0 spiro atoms. The van der Waals surface area contributed by atoms with Gasteiger partial charge in [0.05, 0.1) is 12.0 Å². The molecular formula is C13H14BrFO3. The van der Waals surface area contributed by atoms with Crippen molar-refractivity contribution in [2.75, 3.05) is 0 Å². The Hall–Kier alpha value is -1.10. The summed E-state index contributed by atoms with van der Waals surface area (Å²) in [6.07, 6.45) is 2.62. The summed E-state index contributed by atoms with van der Waals surface area (Å²) < 4.78 is 19.5. The summed E-state index contributed by atoms with van der Waals surface area (Å²) in [5.41, 5.74) is 0. The summed E-state index contributed by atoms with van der Waals surface area (Å²) in [6.45, 7) is 0. The van der Waals surface area contributed by atoms with Gasteiger partial charge in [-0.15, -0.1) is 0 Å². The minimum absolute atomic E-state index is 0.0192. The van der Waals surface area contributed by atoms with E-state index in [1.165, 1.54) is 12.1 Å². The topological polar surface area (TPSA) is 46.5 Å². The third-order valence-electron chi connectivity index (χ3n) is 3.16. The maximum Gasteiger partial charge on any atom is 0.306 e. The van der Waals surface area contributed by atoms with Crippen LogP contribution in [0.2, 0.25) is 0 Å². The minimum atomic E-state index is -0.734. The van der Waals surface area contributed by atoms with Gasteiger partial charge in [-0.2, -0.15) is 0 Å². The van der Waals surface area contributed by atoms with Crippen molar-refractivity contribution in [3.63, 3.8) is 0 Å². The van der Waals surface area contributed by atoms with Crippen LogP contribution in [0.1, 0.15) is 25.7 Å². The summed E-state index contributed by atoms with van der Waals surface area (Å²) in [5.74, 6) is -0.856. The Morgan fingerprint density at radius 1 is 1.28 bits per heavy atom. The first kappa shape index (κ1) is 13.3. The normalized spacial score (nSPS) is 23.7. The van der Waals surface area contributed by atoms with Gasteiger partial charge in [-0.1, -0.05) is 15.9 Å². The van der Waals surface area contributed by atoms with Crippen LogP contribution in [-0.4, -0.2) is 17.2 Å². The molecule has 1 fully saturated rings. The van der Waals surface area contributed by atoms with Crippen LogP contribution in [0, 0.1) is 11.7 Å². The molecule has 1 aliphatic carbocycles. The highest BCUT2D eigenvalue weighted by Gasteiger charge is 2.26. The fraction of sp³-hybridized carbons (Fsp3) is 0.462. The number of halogens is 2. The summed E-state index contributed by atoms with van der Waals surface area (Å²) in [6, 6.07) is 4.43. The van der Waals surface area contributed by atoms with Gasteiger partial charge in [0.15, 0.2) is 0 Å². The van der Waals surface area contributed by atoms with Crippen LogP contribution in [0.5, 0.6) is 5.75 Å². The molecule has 1 aromatic rings. The van der Waals surface area contributed by atoms with E-state index in [1.807, 2.05) is 0 Å². The molecule has 1 saturated carbocycles. The van der Waals surface area contributed by atoms with E-state index in [-0.39, 0.29) is 17.8 Å². The summed E-state index contributed by atoms with van der Waals surface area (Å²) >= 11 is 3.21. The molecule has 0 unspecified atom stereocenters. The molecule has 0 heterocycles. The SMILES string of the molecule is O=C(O)[C@H]1CC[C@H](Oc2cc(F)cc(Br)c2)CC1. The van der Waals surface area contributed by atoms with Crippen LogP contribution >= 0.6 is 15.9 Å². The van der Waals surface area contributed by atoms with Gasteiger partial charge in [-0.25, -0.2) is 4.39 Å². The fourth-order valence-corrected chi connectivity index (χ4v) is 2.66. The Kier molecular flexibility index (Phi) is 4.22. The molecule has 1 aromatic carbocycles. The first-order valence-corrected chi connectivity index (χ1v) is 6.69. The molecule has 98 valence electrons. The largest absolute Gasteiger partial charge is 0.490 e. The van der Waals surface area contributed by atoms with Crippen molar-refractivity contribution < 1.29 is 19.0 Å². The van der Waals surface area contributed by atoms with E-state index in [0.717, 1.165) is 0 Å². The number of carboxylic acids is 1. The minimum Gasteiger partial charge on any atom is -0.490 e. The third-order valence-corrected chi connectivity index (χ3v) is 3.62. The van der Waals surface area contributed by atoms with E-state index < -0.39 is 5.97 Å². The second-order valence-electron chi connectivity index (χ2n) is 4.53. The molecule has 0 saturated heterocycles. The zero-order valence-corrected chi connectivity index (χ0v) is 11.3. The van der Waals surface area contributed by atoms with Crippen LogP contribution < -0.4 is 4.74 Å². The monoisotopic (exact) mass is 316 g/mol. The van der Waals surface area contributed by atoms with Crippen molar-refractivity contribution in [3.8, 4) is 5.75 Å². The van der Waals surface area contributed by atoms with Crippen molar-refractivity contribution in [1.29, 1.82) is 0 Å². The number of carboxylic acid groups (broad SMARTS) is 1. The molecule has 0 radical (unpaired) electrons. The maximum absolute atomic E-state index is 13.2. The predicted molar refractivity (Wildman–Crippen MR) is 68.1 cm³/mol. The first-order valence-electron chi connectivity index (χ1n) is 5.90. The highest BCUT2D eigenvalue weighted by molar-refractivity contribution is 9.10. The van der Waals surface area contributed by atoms with E-state index in [2.05, 4.69) is 15.9 Å². The Morgan fingerprint density at radius 3 is 2.50 bits per heavy atom. The lowest BCUT2D eigenvalue weighted by Crippen LogP contribution is -2.27. The average Bonchev–Trinajstić information content (AvgIpc) is 2.28. The van der Waals surface area contributed by atoms with Crippen molar-refractivity contribution in [2.24, 2.45) is 5.92 Å². The summed E-state index contributed by atoms with van der Waals surface area (Å²) in [7, 11) is 0. The van der Waals surface area contributed by atoms with Crippen LogP contribution in [0.25, 0.3) is 0 Å². The average molecular weight is 317 g/mol. The molecule has 2 rings (SSSR count). The Labute approximate surface area is 113 Å². The molecule has 0 aliphatic heterocycles. The van der Waals surface area contributed by atoms with Crippen molar-refractivity contribution in [3.05, 3.63) is 28.5 Å². The van der Waals surface area contributed by atoms with Crippen LogP contribution in [0.15, 0.2) is 22.7 Å². The lowest BCUT2D eigenvalue weighted by atomic mass is 9.87. The molecule has 18 heavy (non-hydrogen) atoms. The zero-order chi connectivity index (χ0) is 13.1. The molecule has 5 heteroatoms. The smallest absolute Gasteiger partial charge is 0.306 e. The number of benzene rings is 1. The molecule has 1 N–H and O–H groups in total. The molecule has 3 nitrogen and oxygen atoms in total. The molecule has 0 atom stereocenters. The fourth-order valence-electron chi connectivity index (χ4n) is 2.22. The number of carbonyl (C=O) groups is 1.